The molecule has 1 saturated carbocycles. The molecule has 0 bridgehead atoms. The quantitative estimate of drug-likeness (QED) is 0.612. The van der Waals surface area contributed by atoms with Crippen LogP contribution in [-0.2, 0) is 9.47 Å². The zero-order valence-electron chi connectivity index (χ0n) is 7.05. The highest BCUT2D eigenvalue weighted by atomic mass is 35.5. The zero-order chi connectivity index (χ0) is 8.27. The Morgan fingerprint density at radius 1 is 1.27 bits per heavy atom. The second-order valence-corrected chi connectivity index (χ2v) is 3.23. The lowest BCUT2D eigenvalue weighted by molar-refractivity contribution is -0.118. The summed E-state index contributed by atoms with van der Waals surface area (Å²) >= 11 is 5.92. The van der Waals surface area contributed by atoms with Crippen LogP contribution in [0, 0.1) is 0 Å². The molecule has 0 aromatic heterocycles. The number of rotatable bonds is 4. The third kappa shape index (κ3) is 2.08. The molecule has 0 aromatic carbocycles. The van der Waals surface area contributed by atoms with Gasteiger partial charge >= 0.3 is 0 Å². The van der Waals surface area contributed by atoms with Crippen LogP contribution in [0.25, 0.3) is 0 Å². The molecule has 0 spiro atoms. The van der Waals surface area contributed by atoms with Gasteiger partial charge in [0.05, 0.1) is 11.5 Å². The minimum Gasteiger partial charge on any atom is -0.376 e. The van der Waals surface area contributed by atoms with Crippen LogP contribution in [-0.4, -0.2) is 30.8 Å². The molecular weight excluding hydrogens is 164 g/mol. The van der Waals surface area contributed by atoms with Gasteiger partial charge in [0, 0.05) is 13.2 Å². The predicted octanol–water partition coefficient (Wildman–Crippen LogP) is 1.81. The molecule has 0 heterocycles. The van der Waals surface area contributed by atoms with Crippen molar-refractivity contribution >= 4 is 11.6 Å². The Hall–Kier alpha value is 0.210. The number of alkyl halides is 1. The summed E-state index contributed by atoms with van der Waals surface area (Å²) in [6.07, 6.45) is 1.30. The minimum atomic E-state index is 0.126. The minimum absolute atomic E-state index is 0.126. The SMILES string of the molecule is CCOC1CC(Cl)C1OCC. The van der Waals surface area contributed by atoms with E-state index in [4.69, 9.17) is 21.1 Å². The molecule has 0 aromatic rings. The number of hydrogen-bond donors (Lipinski definition) is 0. The van der Waals surface area contributed by atoms with Crippen LogP contribution in [0.1, 0.15) is 20.3 Å². The molecule has 1 fully saturated rings. The first-order valence-corrected chi connectivity index (χ1v) is 4.60. The van der Waals surface area contributed by atoms with Crippen molar-refractivity contribution in [2.24, 2.45) is 0 Å². The Morgan fingerprint density at radius 3 is 2.36 bits per heavy atom. The predicted molar refractivity (Wildman–Crippen MR) is 45.1 cm³/mol. The van der Waals surface area contributed by atoms with E-state index in [1.54, 1.807) is 0 Å². The highest BCUT2D eigenvalue weighted by molar-refractivity contribution is 6.21. The third-order valence-electron chi connectivity index (χ3n) is 1.92. The lowest BCUT2D eigenvalue weighted by atomic mass is 9.91. The first-order chi connectivity index (χ1) is 5.29. The van der Waals surface area contributed by atoms with Crippen LogP contribution < -0.4 is 0 Å². The first kappa shape index (κ1) is 9.30. The van der Waals surface area contributed by atoms with Gasteiger partial charge in [0.25, 0.3) is 0 Å². The molecule has 0 radical (unpaired) electrons. The average molecular weight is 179 g/mol. The molecule has 0 N–H and O–H groups in total. The zero-order valence-corrected chi connectivity index (χ0v) is 7.80. The van der Waals surface area contributed by atoms with E-state index in [9.17, 15) is 0 Å². The van der Waals surface area contributed by atoms with E-state index in [2.05, 4.69) is 0 Å². The molecule has 66 valence electrons. The molecule has 0 saturated heterocycles. The Bertz CT molecular complexity index is 117. The van der Waals surface area contributed by atoms with Crippen LogP contribution in [0.15, 0.2) is 0 Å². The van der Waals surface area contributed by atoms with E-state index in [1.807, 2.05) is 13.8 Å². The van der Waals surface area contributed by atoms with Crippen LogP contribution >= 0.6 is 11.6 Å². The van der Waals surface area contributed by atoms with Crippen molar-refractivity contribution in [3.8, 4) is 0 Å². The van der Waals surface area contributed by atoms with Crippen molar-refractivity contribution in [1.29, 1.82) is 0 Å². The third-order valence-corrected chi connectivity index (χ3v) is 2.35. The molecule has 0 amide bonds. The number of hydrogen-bond acceptors (Lipinski definition) is 2. The smallest absolute Gasteiger partial charge is 0.100 e. The summed E-state index contributed by atoms with van der Waals surface area (Å²) in [7, 11) is 0. The van der Waals surface area contributed by atoms with Crippen molar-refractivity contribution in [2.75, 3.05) is 13.2 Å². The van der Waals surface area contributed by atoms with E-state index in [0.29, 0.717) is 0 Å². The Morgan fingerprint density at radius 2 is 1.91 bits per heavy atom. The van der Waals surface area contributed by atoms with Gasteiger partial charge < -0.3 is 9.47 Å². The molecule has 1 rings (SSSR count). The molecule has 11 heavy (non-hydrogen) atoms. The molecule has 1 aliphatic carbocycles. The Labute approximate surface area is 72.8 Å². The van der Waals surface area contributed by atoms with Gasteiger partial charge in [-0.3, -0.25) is 0 Å². The van der Waals surface area contributed by atoms with Crippen molar-refractivity contribution < 1.29 is 9.47 Å². The van der Waals surface area contributed by atoms with Gasteiger partial charge in [0.2, 0.25) is 0 Å². The van der Waals surface area contributed by atoms with E-state index < -0.39 is 0 Å². The summed E-state index contributed by atoms with van der Waals surface area (Å²) in [4.78, 5) is 0. The summed E-state index contributed by atoms with van der Waals surface area (Å²) in [5.41, 5.74) is 0. The van der Waals surface area contributed by atoms with Gasteiger partial charge in [-0.1, -0.05) is 0 Å². The maximum absolute atomic E-state index is 5.92. The normalized spacial score (nSPS) is 36.8. The fourth-order valence-corrected chi connectivity index (χ4v) is 1.72. The summed E-state index contributed by atoms with van der Waals surface area (Å²) in [5, 5.41) is 0.159. The summed E-state index contributed by atoms with van der Waals surface area (Å²) in [6.45, 7) is 5.44. The molecular formula is C8H15ClO2. The van der Waals surface area contributed by atoms with Gasteiger partial charge in [0.1, 0.15) is 6.10 Å². The Balaban J connectivity index is 2.23. The second-order valence-electron chi connectivity index (χ2n) is 2.67. The standard InChI is InChI=1S/C8H15ClO2/c1-3-10-7-5-6(9)8(7)11-4-2/h6-8H,3-5H2,1-2H3. The molecule has 3 atom stereocenters. The van der Waals surface area contributed by atoms with Crippen LogP contribution in [0.3, 0.4) is 0 Å². The topological polar surface area (TPSA) is 18.5 Å². The maximum atomic E-state index is 5.92. The van der Waals surface area contributed by atoms with Crippen LogP contribution in [0.2, 0.25) is 0 Å². The van der Waals surface area contributed by atoms with Gasteiger partial charge in [-0.05, 0) is 20.3 Å². The van der Waals surface area contributed by atoms with Crippen LogP contribution in [0.4, 0.5) is 0 Å². The highest BCUT2D eigenvalue weighted by Crippen LogP contribution is 2.31. The lowest BCUT2D eigenvalue weighted by Gasteiger charge is -2.40. The lowest BCUT2D eigenvalue weighted by Crippen LogP contribution is -2.50. The van der Waals surface area contributed by atoms with E-state index in [1.165, 1.54) is 0 Å². The van der Waals surface area contributed by atoms with E-state index in [0.717, 1.165) is 19.6 Å². The number of halogens is 1. The van der Waals surface area contributed by atoms with E-state index >= 15 is 0 Å². The summed E-state index contributed by atoms with van der Waals surface area (Å²) < 4.78 is 10.8. The maximum Gasteiger partial charge on any atom is 0.100 e. The fraction of sp³-hybridized carbons (Fsp3) is 1.00. The van der Waals surface area contributed by atoms with Crippen LogP contribution in [0.5, 0.6) is 0 Å². The van der Waals surface area contributed by atoms with Crippen molar-refractivity contribution in [1.82, 2.24) is 0 Å². The average Bonchev–Trinajstić information content (AvgIpc) is 2.00. The van der Waals surface area contributed by atoms with Crippen molar-refractivity contribution in [2.45, 2.75) is 37.9 Å². The van der Waals surface area contributed by atoms with Crippen molar-refractivity contribution in [3.63, 3.8) is 0 Å². The van der Waals surface area contributed by atoms with Gasteiger partial charge in [-0.25, -0.2) is 0 Å². The largest absolute Gasteiger partial charge is 0.376 e. The van der Waals surface area contributed by atoms with E-state index in [-0.39, 0.29) is 17.6 Å². The van der Waals surface area contributed by atoms with Gasteiger partial charge in [0.15, 0.2) is 0 Å². The molecule has 0 aliphatic heterocycles. The molecule has 1 aliphatic rings. The first-order valence-electron chi connectivity index (χ1n) is 4.16. The summed E-state index contributed by atoms with van der Waals surface area (Å²) in [5.74, 6) is 0. The second kappa shape index (κ2) is 4.29. The fourth-order valence-electron chi connectivity index (χ4n) is 1.31. The molecule has 3 heteroatoms. The monoisotopic (exact) mass is 178 g/mol. The Kier molecular flexibility index (Phi) is 3.63. The van der Waals surface area contributed by atoms with Gasteiger partial charge in [-0.2, -0.15) is 0 Å². The number of ether oxygens (including phenoxy) is 2. The van der Waals surface area contributed by atoms with Gasteiger partial charge in [-0.15, -0.1) is 11.6 Å². The van der Waals surface area contributed by atoms with Crippen molar-refractivity contribution in [3.05, 3.63) is 0 Å². The highest BCUT2D eigenvalue weighted by Gasteiger charge is 2.41. The molecule has 2 nitrogen and oxygen atoms in total. The molecule has 3 unspecified atom stereocenters. The summed E-state index contributed by atoms with van der Waals surface area (Å²) in [6, 6.07) is 0.